The summed E-state index contributed by atoms with van der Waals surface area (Å²) in [6.45, 7) is 7.15. The van der Waals surface area contributed by atoms with Crippen molar-refractivity contribution in [3.63, 3.8) is 0 Å². The molecule has 0 bridgehead atoms. The van der Waals surface area contributed by atoms with E-state index in [1.807, 2.05) is 0 Å². The second-order valence-electron chi connectivity index (χ2n) is 4.95. The minimum absolute atomic E-state index is 0. The fourth-order valence-electron chi connectivity index (χ4n) is 2.57. The van der Waals surface area contributed by atoms with E-state index in [0.717, 1.165) is 32.2 Å². The second-order valence-corrected chi connectivity index (χ2v) is 4.95. The van der Waals surface area contributed by atoms with Crippen molar-refractivity contribution in [2.45, 2.75) is 18.6 Å². The molecule has 1 aromatic carbocycles. The van der Waals surface area contributed by atoms with Gasteiger partial charge in [0.15, 0.2) is 0 Å². The van der Waals surface area contributed by atoms with Crippen LogP contribution in [0, 0.1) is 0 Å². The highest BCUT2D eigenvalue weighted by molar-refractivity contribution is 5.85. The summed E-state index contributed by atoms with van der Waals surface area (Å²) in [5.41, 5.74) is 0.126. The summed E-state index contributed by atoms with van der Waals surface area (Å²) >= 11 is 0. The third kappa shape index (κ3) is 5.47. The molecule has 0 saturated carbocycles. The number of alkyl halides is 3. The molecule has 1 fully saturated rings. The van der Waals surface area contributed by atoms with Crippen molar-refractivity contribution in [2.24, 2.45) is 0 Å². The lowest BCUT2D eigenvalue weighted by atomic mass is 9.99. The van der Waals surface area contributed by atoms with Crippen molar-refractivity contribution in [3.05, 3.63) is 48.0 Å². The average Bonchev–Trinajstić information content (AvgIpc) is 2.45. The van der Waals surface area contributed by atoms with Gasteiger partial charge in [0.05, 0.1) is 5.56 Å². The van der Waals surface area contributed by atoms with Crippen LogP contribution in [-0.4, -0.2) is 31.1 Å². The largest absolute Gasteiger partial charge is 0.416 e. The lowest BCUT2D eigenvalue weighted by Gasteiger charge is -2.35. The van der Waals surface area contributed by atoms with Crippen LogP contribution in [0.3, 0.4) is 0 Å². The first-order valence-corrected chi connectivity index (χ1v) is 6.75. The van der Waals surface area contributed by atoms with Crippen LogP contribution in [0.2, 0.25) is 0 Å². The molecule has 22 heavy (non-hydrogen) atoms. The lowest BCUT2D eigenvalue weighted by molar-refractivity contribution is -0.137. The minimum Gasteiger partial charge on any atom is -0.314 e. The van der Waals surface area contributed by atoms with Crippen molar-refractivity contribution >= 4 is 24.8 Å². The molecule has 1 atom stereocenters. The van der Waals surface area contributed by atoms with E-state index in [1.54, 1.807) is 12.1 Å². The molecule has 0 unspecified atom stereocenters. The first-order chi connectivity index (χ1) is 9.52. The molecule has 0 aliphatic carbocycles. The van der Waals surface area contributed by atoms with E-state index >= 15 is 0 Å². The van der Waals surface area contributed by atoms with Crippen molar-refractivity contribution < 1.29 is 13.2 Å². The number of hydrogen-bond acceptors (Lipinski definition) is 2. The predicted molar refractivity (Wildman–Crippen MR) is 87.9 cm³/mol. The number of rotatable bonds is 4. The maximum atomic E-state index is 12.8. The number of hydrogen-bond donors (Lipinski definition) is 1. The van der Waals surface area contributed by atoms with Crippen LogP contribution in [0.1, 0.15) is 23.6 Å². The Hall–Kier alpha value is -0.750. The van der Waals surface area contributed by atoms with Gasteiger partial charge in [-0.05, 0) is 24.1 Å². The van der Waals surface area contributed by atoms with Gasteiger partial charge >= 0.3 is 6.18 Å². The summed E-state index contributed by atoms with van der Waals surface area (Å²) in [5.74, 6) is 0. The lowest BCUT2D eigenvalue weighted by Crippen LogP contribution is -2.45. The molecule has 2 rings (SSSR count). The molecule has 1 N–H and O–H groups in total. The van der Waals surface area contributed by atoms with Gasteiger partial charge in [0.2, 0.25) is 0 Å². The van der Waals surface area contributed by atoms with Crippen molar-refractivity contribution in [3.8, 4) is 0 Å². The zero-order chi connectivity index (χ0) is 14.6. The van der Waals surface area contributed by atoms with Gasteiger partial charge in [-0.25, -0.2) is 0 Å². The fourth-order valence-corrected chi connectivity index (χ4v) is 2.57. The smallest absolute Gasteiger partial charge is 0.314 e. The van der Waals surface area contributed by atoms with E-state index < -0.39 is 11.7 Å². The molecular weight excluding hydrogens is 336 g/mol. The molecule has 1 aliphatic heterocycles. The molecule has 1 aliphatic rings. The second kappa shape index (κ2) is 9.40. The highest BCUT2D eigenvalue weighted by atomic mass is 35.5. The Balaban J connectivity index is 0.00000220. The topological polar surface area (TPSA) is 15.3 Å². The Morgan fingerprint density at radius 1 is 1.23 bits per heavy atom. The van der Waals surface area contributed by atoms with E-state index in [0.29, 0.717) is 12.0 Å². The Labute approximate surface area is 141 Å². The van der Waals surface area contributed by atoms with Crippen LogP contribution in [0.4, 0.5) is 13.2 Å². The number of halogens is 5. The van der Waals surface area contributed by atoms with Crippen molar-refractivity contribution in [1.82, 2.24) is 10.2 Å². The monoisotopic (exact) mass is 356 g/mol. The molecule has 1 saturated heterocycles. The zero-order valence-corrected chi connectivity index (χ0v) is 13.7. The third-order valence-electron chi connectivity index (χ3n) is 3.58. The summed E-state index contributed by atoms with van der Waals surface area (Å²) in [4.78, 5) is 2.22. The van der Waals surface area contributed by atoms with Crippen molar-refractivity contribution in [2.75, 3.05) is 26.2 Å². The Kier molecular flexibility index (Phi) is 9.08. The maximum absolute atomic E-state index is 12.8. The van der Waals surface area contributed by atoms with Crippen LogP contribution in [0.5, 0.6) is 0 Å². The van der Waals surface area contributed by atoms with Gasteiger partial charge in [-0.15, -0.1) is 31.4 Å². The van der Waals surface area contributed by atoms with Gasteiger partial charge < -0.3 is 5.32 Å². The zero-order valence-electron chi connectivity index (χ0n) is 12.1. The normalized spacial score (nSPS) is 17.0. The predicted octanol–water partition coefficient (Wildman–Crippen LogP) is 4.07. The SMILES string of the molecule is C=CC[C@H](c1cccc(C(F)(F)F)c1)N1CCNCC1.Cl.Cl. The van der Waals surface area contributed by atoms with Gasteiger partial charge in [-0.2, -0.15) is 13.2 Å². The van der Waals surface area contributed by atoms with Crippen LogP contribution in [0.25, 0.3) is 0 Å². The summed E-state index contributed by atoms with van der Waals surface area (Å²) in [6.07, 6.45) is -1.87. The van der Waals surface area contributed by atoms with Crippen molar-refractivity contribution in [1.29, 1.82) is 0 Å². The van der Waals surface area contributed by atoms with Gasteiger partial charge in [0.1, 0.15) is 0 Å². The highest BCUT2D eigenvalue weighted by Crippen LogP contribution is 2.33. The van der Waals surface area contributed by atoms with E-state index in [1.165, 1.54) is 12.1 Å². The minimum atomic E-state index is -4.29. The Bertz CT molecular complexity index is 460. The fraction of sp³-hybridized carbons (Fsp3) is 0.467. The quantitative estimate of drug-likeness (QED) is 0.818. The molecule has 7 heteroatoms. The highest BCUT2D eigenvalue weighted by Gasteiger charge is 2.31. The molecule has 0 aromatic heterocycles. The average molecular weight is 357 g/mol. The van der Waals surface area contributed by atoms with E-state index in [2.05, 4.69) is 16.8 Å². The maximum Gasteiger partial charge on any atom is 0.416 e. The summed E-state index contributed by atoms with van der Waals surface area (Å²) in [7, 11) is 0. The molecular formula is C15H21Cl2F3N2. The Morgan fingerprint density at radius 3 is 2.41 bits per heavy atom. The molecule has 0 amide bonds. The standard InChI is InChI=1S/C15H19F3N2.2ClH/c1-2-4-14(20-9-7-19-8-10-20)12-5-3-6-13(11-12)15(16,17)18;;/h2-3,5-6,11,14,19H,1,4,7-10H2;2*1H/t14-;;/m1../s1. The first kappa shape index (κ1) is 21.2. The summed E-state index contributed by atoms with van der Waals surface area (Å²) in [5, 5.41) is 3.25. The molecule has 0 spiro atoms. The molecule has 1 heterocycles. The van der Waals surface area contributed by atoms with E-state index in [9.17, 15) is 13.2 Å². The van der Waals surface area contributed by atoms with Crippen LogP contribution >= 0.6 is 24.8 Å². The molecule has 2 nitrogen and oxygen atoms in total. The number of nitrogens with one attached hydrogen (secondary N) is 1. The Morgan fingerprint density at radius 2 is 1.86 bits per heavy atom. The number of piperazine rings is 1. The van der Waals surface area contributed by atoms with Gasteiger partial charge in [0, 0.05) is 32.2 Å². The summed E-state index contributed by atoms with van der Waals surface area (Å²) < 4.78 is 38.4. The van der Waals surface area contributed by atoms with Crippen LogP contribution in [0.15, 0.2) is 36.9 Å². The molecule has 126 valence electrons. The van der Waals surface area contributed by atoms with Gasteiger partial charge in [0.25, 0.3) is 0 Å². The first-order valence-electron chi connectivity index (χ1n) is 6.75. The van der Waals surface area contributed by atoms with Crippen LogP contribution < -0.4 is 5.32 Å². The number of nitrogens with zero attached hydrogens (tertiary/aromatic N) is 1. The number of benzene rings is 1. The van der Waals surface area contributed by atoms with Gasteiger partial charge in [-0.1, -0.05) is 18.2 Å². The molecule has 0 radical (unpaired) electrons. The van der Waals surface area contributed by atoms with E-state index in [4.69, 9.17) is 0 Å². The summed E-state index contributed by atoms with van der Waals surface area (Å²) in [6, 6.07) is 5.60. The van der Waals surface area contributed by atoms with Gasteiger partial charge in [-0.3, -0.25) is 4.90 Å². The van der Waals surface area contributed by atoms with E-state index in [-0.39, 0.29) is 30.9 Å². The third-order valence-corrected chi connectivity index (χ3v) is 3.58. The van der Waals surface area contributed by atoms with Crippen LogP contribution in [-0.2, 0) is 6.18 Å². The molecule has 1 aromatic rings.